The van der Waals surface area contributed by atoms with Crippen LogP contribution in [0.15, 0.2) is 24.3 Å². The van der Waals surface area contributed by atoms with E-state index in [-0.39, 0.29) is 30.7 Å². The van der Waals surface area contributed by atoms with Crippen molar-refractivity contribution < 1.29 is 13.9 Å². The van der Waals surface area contributed by atoms with Gasteiger partial charge in [0.15, 0.2) is 5.78 Å². The highest BCUT2D eigenvalue weighted by atomic mass is 19.1. The van der Waals surface area contributed by atoms with Crippen LogP contribution in [0.3, 0.4) is 0 Å². The first-order valence-corrected chi connectivity index (χ1v) is 5.11. The Labute approximate surface area is 88.1 Å². The number of carbonyl (C=O) groups is 1. The van der Waals surface area contributed by atoms with Gasteiger partial charge in [-0.1, -0.05) is 18.2 Å². The van der Waals surface area contributed by atoms with Gasteiger partial charge in [-0.2, -0.15) is 0 Å². The Morgan fingerprint density at radius 2 is 2.13 bits per heavy atom. The SMILES string of the molecule is O=C(COCc1ccccc1F)C1CC1. The molecule has 0 aromatic heterocycles. The second kappa shape index (κ2) is 4.53. The second-order valence-corrected chi connectivity index (χ2v) is 3.82. The zero-order valence-corrected chi connectivity index (χ0v) is 8.41. The molecule has 80 valence electrons. The number of carbonyl (C=O) groups excluding carboxylic acids is 1. The standard InChI is InChI=1S/C12H13FO2/c13-11-4-2-1-3-10(11)7-15-8-12(14)9-5-6-9/h1-4,9H,5-8H2. The molecule has 1 fully saturated rings. The maximum atomic E-state index is 13.1. The minimum atomic E-state index is -0.281. The quantitative estimate of drug-likeness (QED) is 0.742. The zero-order valence-electron chi connectivity index (χ0n) is 8.41. The van der Waals surface area contributed by atoms with E-state index >= 15 is 0 Å². The first kappa shape index (κ1) is 10.3. The van der Waals surface area contributed by atoms with E-state index in [1.54, 1.807) is 18.2 Å². The number of Topliss-reactive ketones (excluding diaryl/α,β-unsaturated/α-hetero) is 1. The fourth-order valence-electron chi connectivity index (χ4n) is 1.40. The van der Waals surface area contributed by atoms with Crippen LogP contribution in [0.25, 0.3) is 0 Å². The first-order valence-electron chi connectivity index (χ1n) is 5.11. The number of ketones is 1. The Kier molecular flexibility index (Phi) is 3.11. The number of hydrogen-bond acceptors (Lipinski definition) is 2. The Hall–Kier alpha value is -1.22. The van der Waals surface area contributed by atoms with E-state index in [4.69, 9.17) is 4.74 Å². The maximum absolute atomic E-state index is 13.1. The van der Waals surface area contributed by atoms with Gasteiger partial charge >= 0.3 is 0 Å². The van der Waals surface area contributed by atoms with Crippen LogP contribution < -0.4 is 0 Å². The first-order chi connectivity index (χ1) is 7.27. The number of hydrogen-bond donors (Lipinski definition) is 0. The van der Waals surface area contributed by atoms with Gasteiger partial charge in [-0.25, -0.2) is 4.39 Å². The summed E-state index contributed by atoms with van der Waals surface area (Å²) in [6.07, 6.45) is 1.98. The van der Waals surface area contributed by atoms with Gasteiger partial charge in [0.25, 0.3) is 0 Å². The molecule has 0 atom stereocenters. The topological polar surface area (TPSA) is 26.3 Å². The Balaban J connectivity index is 1.78. The Bertz CT molecular complexity index is 358. The highest BCUT2D eigenvalue weighted by Crippen LogP contribution is 2.29. The molecule has 1 aliphatic rings. The van der Waals surface area contributed by atoms with Crippen molar-refractivity contribution in [3.63, 3.8) is 0 Å². The van der Waals surface area contributed by atoms with Crippen molar-refractivity contribution in [2.75, 3.05) is 6.61 Å². The van der Waals surface area contributed by atoms with E-state index < -0.39 is 0 Å². The van der Waals surface area contributed by atoms with Crippen LogP contribution in [-0.2, 0) is 16.1 Å². The summed E-state index contributed by atoms with van der Waals surface area (Å²) in [6, 6.07) is 6.44. The predicted molar refractivity (Wildman–Crippen MR) is 53.8 cm³/mol. The van der Waals surface area contributed by atoms with Crippen LogP contribution >= 0.6 is 0 Å². The molecule has 1 aromatic carbocycles. The van der Waals surface area contributed by atoms with Gasteiger partial charge in [-0.05, 0) is 18.9 Å². The van der Waals surface area contributed by atoms with Gasteiger partial charge in [0.2, 0.25) is 0 Å². The normalized spacial score (nSPS) is 15.3. The van der Waals surface area contributed by atoms with Crippen molar-refractivity contribution in [2.45, 2.75) is 19.4 Å². The number of rotatable bonds is 5. The number of halogens is 1. The highest BCUT2D eigenvalue weighted by molar-refractivity contribution is 5.84. The summed E-state index contributed by atoms with van der Waals surface area (Å²) in [5.74, 6) is 0.0772. The molecule has 0 bridgehead atoms. The van der Waals surface area contributed by atoms with E-state index in [2.05, 4.69) is 0 Å². The lowest BCUT2D eigenvalue weighted by Gasteiger charge is -2.03. The van der Waals surface area contributed by atoms with Crippen molar-refractivity contribution >= 4 is 5.78 Å². The molecule has 0 aliphatic heterocycles. The molecule has 1 saturated carbocycles. The minimum absolute atomic E-state index is 0.110. The van der Waals surface area contributed by atoms with Gasteiger partial charge in [0.05, 0.1) is 6.61 Å². The summed E-state index contributed by atoms with van der Waals surface area (Å²) in [7, 11) is 0. The molecule has 0 unspecified atom stereocenters. The molecule has 0 saturated heterocycles. The molecule has 3 heteroatoms. The molecule has 1 aromatic rings. The molecule has 0 N–H and O–H groups in total. The number of benzene rings is 1. The third-order valence-corrected chi connectivity index (χ3v) is 2.49. The molecule has 2 rings (SSSR count). The van der Waals surface area contributed by atoms with E-state index in [1.807, 2.05) is 0 Å². The van der Waals surface area contributed by atoms with E-state index in [9.17, 15) is 9.18 Å². The van der Waals surface area contributed by atoms with Crippen molar-refractivity contribution in [1.29, 1.82) is 0 Å². The van der Waals surface area contributed by atoms with Crippen molar-refractivity contribution in [3.8, 4) is 0 Å². The average Bonchev–Trinajstić information content (AvgIpc) is 3.04. The number of ether oxygens (including phenoxy) is 1. The van der Waals surface area contributed by atoms with Crippen LogP contribution in [0.2, 0.25) is 0 Å². The molecule has 0 radical (unpaired) electrons. The third-order valence-electron chi connectivity index (χ3n) is 2.49. The van der Waals surface area contributed by atoms with E-state index in [1.165, 1.54) is 6.07 Å². The van der Waals surface area contributed by atoms with Crippen molar-refractivity contribution in [3.05, 3.63) is 35.6 Å². The third kappa shape index (κ3) is 2.86. The van der Waals surface area contributed by atoms with Gasteiger partial charge in [0, 0.05) is 11.5 Å². The van der Waals surface area contributed by atoms with Crippen molar-refractivity contribution in [2.24, 2.45) is 5.92 Å². The summed E-state index contributed by atoms with van der Waals surface area (Å²) in [5, 5.41) is 0. The molecule has 0 heterocycles. The van der Waals surface area contributed by atoms with Crippen LogP contribution in [0.5, 0.6) is 0 Å². The summed E-state index contributed by atoms with van der Waals surface area (Å²) < 4.78 is 18.3. The Morgan fingerprint density at radius 3 is 2.80 bits per heavy atom. The van der Waals surface area contributed by atoms with E-state index in [0.717, 1.165) is 12.8 Å². The summed E-state index contributed by atoms with van der Waals surface area (Å²) in [4.78, 5) is 11.3. The molecule has 15 heavy (non-hydrogen) atoms. The zero-order chi connectivity index (χ0) is 10.7. The van der Waals surface area contributed by atoms with Crippen LogP contribution in [0.1, 0.15) is 18.4 Å². The molecule has 2 nitrogen and oxygen atoms in total. The molecule has 0 amide bonds. The fraction of sp³-hybridized carbons (Fsp3) is 0.417. The predicted octanol–water partition coefficient (Wildman–Crippen LogP) is 2.32. The Morgan fingerprint density at radius 1 is 1.40 bits per heavy atom. The second-order valence-electron chi connectivity index (χ2n) is 3.82. The monoisotopic (exact) mass is 208 g/mol. The van der Waals surface area contributed by atoms with Gasteiger partial charge < -0.3 is 4.74 Å². The lowest BCUT2D eigenvalue weighted by Crippen LogP contribution is -2.10. The van der Waals surface area contributed by atoms with Crippen LogP contribution in [-0.4, -0.2) is 12.4 Å². The largest absolute Gasteiger partial charge is 0.369 e. The fourth-order valence-corrected chi connectivity index (χ4v) is 1.40. The van der Waals surface area contributed by atoms with Crippen LogP contribution in [0.4, 0.5) is 4.39 Å². The highest BCUT2D eigenvalue weighted by Gasteiger charge is 2.29. The lowest BCUT2D eigenvalue weighted by molar-refractivity contribution is -0.125. The molecular formula is C12H13FO2. The maximum Gasteiger partial charge on any atom is 0.161 e. The smallest absolute Gasteiger partial charge is 0.161 e. The van der Waals surface area contributed by atoms with Gasteiger partial charge in [0.1, 0.15) is 12.4 Å². The van der Waals surface area contributed by atoms with Gasteiger partial charge in [-0.15, -0.1) is 0 Å². The minimum Gasteiger partial charge on any atom is -0.369 e. The van der Waals surface area contributed by atoms with Crippen LogP contribution in [0, 0.1) is 11.7 Å². The van der Waals surface area contributed by atoms with Crippen molar-refractivity contribution in [1.82, 2.24) is 0 Å². The average molecular weight is 208 g/mol. The summed E-state index contributed by atoms with van der Waals surface area (Å²) in [5.41, 5.74) is 0.501. The summed E-state index contributed by atoms with van der Waals surface area (Å²) in [6.45, 7) is 0.282. The summed E-state index contributed by atoms with van der Waals surface area (Å²) >= 11 is 0. The molecule has 0 spiro atoms. The lowest BCUT2D eigenvalue weighted by atomic mass is 10.2. The molecule has 1 aliphatic carbocycles. The molecular weight excluding hydrogens is 195 g/mol. The van der Waals surface area contributed by atoms with E-state index in [0.29, 0.717) is 5.56 Å². The van der Waals surface area contributed by atoms with Gasteiger partial charge in [-0.3, -0.25) is 4.79 Å².